The zero-order valence-corrected chi connectivity index (χ0v) is 32.9. The van der Waals surface area contributed by atoms with Crippen molar-refractivity contribution in [1.29, 1.82) is 0 Å². The van der Waals surface area contributed by atoms with Crippen LogP contribution in [0.5, 0.6) is 0 Å². The fraction of sp³-hybridized carbons (Fsp3) is 0. The fourth-order valence-corrected chi connectivity index (χ4v) is 8.68. The summed E-state index contributed by atoms with van der Waals surface area (Å²) < 4.78 is 6.86. The predicted octanol–water partition coefficient (Wildman–Crippen LogP) is 16.5. The number of hydrogen-bond acceptors (Lipinski definition) is 2. The van der Waals surface area contributed by atoms with Crippen LogP contribution in [0.1, 0.15) is 0 Å². The van der Waals surface area contributed by atoms with Crippen LogP contribution in [0.4, 0.5) is 17.1 Å². The molecule has 0 fully saturated rings. The first kappa shape index (κ1) is 35.2. The van der Waals surface area contributed by atoms with Crippen LogP contribution < -0.4 is 4.90 Å². The molecule has 11 rings (SSSR count). The minimum atomic E-state index is 0.852. The second kappa shape index (κ2) is 15.1. The summed E-state index contributed by atoms with van der Waals surface area (Å²) in [5.74, 6) is 0. The predicted molar refractivity (Wildman–Crippen MR) is 253 cm³/mol. The van der Waals surface area contributed by atoms with Crippen molar-refractivity contribution in [3.05, 3.63) is 237 Å². The first-order valence-electron chi connectivity index (χ1n) is 20.5. The lowest BCUT2D eigenvalue weighted by Crippen LogP contribution is -2.10. The molecule has 0 amide bonds. The summed E-state index contributed by atoms with van der Waals surface area (Å²) in [6, 6.07) is 84.7. The van der Waals surface area contributed by atoms with Gasteiger partial charge in [-0.1, -0.05) is 194 Å². The average molecular weight is 766 g/mol. The minimum Gasteiger partial charge on any atom is -0.455 e. The lowest BCUT2D eigenvalue weighted by atomic mass is 9.93. The van der Waals surface area contributed by atoms with E-state index < -0.39 is 0 Å². The van der Waals surface area contributed by atoms with Gasteiger partial charge in [-0.15, -0.1) is 0 Å². The molecule has 60 heavy (non-hydrogen) atoms. The third-order valence-corrected chi connectivity index (χ3v) is 11.7. The van der Waals surface area contributed by atoms with Crippen molar-refractivity contribution in [3.8, 4) is 55.6 Å². The topological polar surface area (TPSA) is 16.4 Å². The molecule has 0 spiro atoms. The molecule has 282 valence electrons. The summed E-state index contributed by atoms with van der Waals surface area (Å²) in [5.41, 5.74) is 16.8. The summed E-state index contributed by atoms with van der Waals surface area (Å²) in [6.07, 6.45) is 0. The van der Waals surface area contributed by atoms with E-state index in [0.717, 1.165) is 44.4 Å². The van der Waals surface area contributed by atoms with E-state index in [1.165, 1.54) is 61.0 Å². The Morgan fingerprint density at radius 1 is 0.283 bits per heavy atom. The Kier molecular flexibility index (Phi) is 8.87. The number of furan rings is 1. The van der Waals surface area contributed by atoms with Crippen LogP contribution in [-0.4, -0.2) is 0 Å². The zero-order chi connectivity index (χ0) is 39.8. The molecule has 0 atom stereocenters. The fourth-order valence-electron chi connectivity index (χ4n) is 8.68. The van der Waals surface area contributed by atoms with Gasteiger partial charge in [-0.3, -0.25) is 0 Å². The van der Waals surface area contributed by atoms with E-state index in [9.17, 15) is 0 Å². The third kappa shape index (κ3) is 6.41. The SMILES string of the molecule is c1ccc(-c2ccc(-c3ccc(N(c4ccc(-c5ccccc5)cc4)c4cccc5oc6c7ccccc7c(-c7ccc(-c8ccccc8)cc7)cc6c45)cc3)cc2)cc1. The van der Waals surface area contributed by atoms with Gasteiger partial charge in [0.1, 0.15) is 11.2 Å². The number of benzene rings is 10. The van der Waals surface area contributed by atoms with Crippen LogP contribution in [0.15, 0.2) is 241 Å². The smallest absolute Gasteiger partial charge is 0.143 e. The normalized spacial score (nSPS) is 11.3. The van der Waals surface area contributed by atoms with Crippen molar-refractivity contribution in [2.45, 2.75) is 0 Å². The molecule has 2 nitrogen and oxygen atoms in total. The summed E-state index contributed by atoms with van der Waals surface area (Å²) in [6.45, 7) is 0. The van der Waals surface area contributed by atoms with Crippen molar-refractivity contribution in [2.75, 3.05) is 4.90 Å². The van der Waals surface area contributed by atoms with Gasteiger partial charge in [-0.2, -0.15) is 0 Å². The van der Waals surface area contributed by atoms with Gasteiger partial charge in [-0.05, 0) is 103 Å². The minimum absolute atomic E-state index is 0.852. The van der Waals surface area contributed by atoms with Crippen LogP contribution in [0, 0.1) is 0 Å². The maximum absolute atomic E-state index is 6.86. The van der Waals surface area contributed by atoms with E-state index in [-0.39, 0.29) is 0 Å². The summed E-state index contributed by atoms with van der Waals surface area (Å²) in [7, 11) is 0. The lowest BCUT2D eigenvalue weighted by Gasteiger charge is -2.26. The molecule has 0 saturated heterocycles. The molecule has 2 heteroatoms. The van der Waals surface area contributed by atoms with Gasteiger partial charge in [-0.25, -0.2) is 0 Å². The van der Waals surface area contributed by atoms with E-state index in [1.54, 1.807) is 0 Å². The maximum Gasteiger partial charge on any atom is 0.143 e. The molecule has 0 aliphatic carbocycles. The third-order valence-electron chi connectivity index (χ3n) is 11.7. The molecule has 0 saturated carbocycles. The molecule has 0 radical (unpaired) electrons. The van der Waals surface area contributed by atoms with E-state index in [4.69, 9.17) is 4.42 Å². The molecule has 0 bridgehead atoms. The Balaban J connectivity index is 1.06. The first-order chi connectivity index (χ1) is 29.7. The lowest BCUT2D eigenvalue weighted by molar-refractivity contribution is 0.672. The van der Waals surface area contributed by atoms with Crippen molar-refractivity contribution in [3.63, 3.8) is 0 Å². The van der Waals surface area contributed by atoms with Crippen molar-refractivity contribution in [1.82, 2.24) is 0 Å². The molecule has 0 aliphatic heterocycles. The van der Waals surface area contributed by atoms with Gasteiger partial charge in [0.15, 0.2) is 0 Å². The second-order valence-electron chi connectivity index (χ2n) is 15.3. The van der Waals surface area contributed by atoms with E-state index >= 15 is 0 Å². The quantitative estimate of drug-likeness (QED) is 0.153. The largest absolute Gasteiger partial charge is 0.455 e. The van der Waals surface area contributed by atoms with Gasteiger partial charge in [0, 0.05) is 22.1 Å². The van der Waals surface area contributed by atoms with E-state index in [1.807, 2.05) is 0 Å². The second-order valence-corrected chi connectivity index (χ2v) is 15.3. The summed E-state index contributed by atoms with van der Waals surface area (Å²) >= 11 is 0. The van der Waals surface area contributed by atoms with Gasteiger partial charge in [0.2, 0.25) is 0 Å². The highest BCUT2D eigenvalue weighted by Gasteiger charge is 2.22. The van der Waals surface area contributed by atoms with Crippen LogP contribution in [0.2, 0.25) is 0 Å². The molecule has 0 aliphatic rings. The molecule has 1 aromatic heterocycles. The number of nitrogens with zero attached hydrogens (tertiary/aromatic N) is 1. The first-order valence-corrected chi connectivity index (χ1v) is 20.5. The maximum atomic E-state index is 6.86. The summed E-state index contributed by atoms with van der Waals surface area (Å²) in [4.78, 5) is 2.37. The van der Waals surface area contributed by atoms with Crippen LogP contribution in [0.3, 0.4) is 0 Å². The molecule has 0 unspecified atom stereocenters. The van der Waals surface area contributed by atoms with E-state index in [0.29, 0.717) is 0 Å². The highest BCUT2D eigenvalue weighted by molar-refractivity contribution is 6.22. The highest BCUT2D eigenvalue weighted by Crippen LogP contribution is 2.47. The molecular formula is C58H39NO. The molecular weight excluding hydrogens is 727 g/mol. The monoisotopic (exact) mass is 765 g/mol. The number of anilines is 3. The van der Waals surface area contributed by atoms with Gasteiger partial charge in [0.25, 0.3) is 0 Å². The Morgan fingerprint density at radius 3 is 1.13 bits per heavy atom. The number of rotatable bonds is 8. The number of hydrogen-bond donors (Lipinski definition) is 0. The van der Waals surface area contributed by atoms with E-state index in [2.05, 4.69) is 241 Å². The molecule has 11 aromatic rings. The van der Waals surface area contributed by atoms with Crippen LogP contribution in [0.25, 0.3) is 88.3 Å². The molecule has 0 N–H and O–H groups in total. The Morgan fingerprint density at radius 2 is 0.667 bits per heavy atom. The van der Waals surface area contributed by atoms with Gasteiger partial charge < -0.3 is 9.32 Å². The van der Waals surface area contributed by atoms with Crippen LogP contribution >= 0.6 is 0 Å². The average Bonchev–Trinajstić information content (AvgIpc) is 3.72. The number of fused-ring (bicyclic) bond motifs is 5. The van der Waals surface area contributed by atoms with Crippen molar-refractivity contribution >= 4 is 49.8 Å². The van der Waals surface area contributed by atoms with Crippen molar-refractivity contribution in [2.24, 2.45) is 0 Å². The summed E-state index contributed by atoms with van der Waals surface area (Å²) in [5, 5.41) is 4.43. The van der Waals surface area contributed by atoms with Crippen LogP contribution in [-0.2, 0) is 0 Å². The Labute approximate surface area is 349 Å². The zero-order valence-electron chi connectivity index (χ0n) is 32.9. The molecule has 1 heterocycles. The van der Waals surface area contributed by atoms with Crippen molar-refractivity contribution < 1.29 is 4.42 Å². The highest BCUT2D eigenvalue weighted by atomic mass is 16.3. The standard InChI is InChI=1S/C58H39NO/c1-4-13-40(14-5-1)43-23-25-45(26-24-43)47-33-37-50(38-34-47)59(49-35-31-46(32-36-49)42-17-8-3-9-18-42)55-21-12-22-56-57(55)54-39-53(51-19-10-11-20-52(51)58(54)60-56)48-29-27-44(28-30-48)41-15-6-2-7-16-41/h1-39H. The van der Waals surface area contributed by atoms with Gasteiger partial charge >= 0.3 is 0 Å². The van der Waals surface area contributed by atoms with Gasteiger partial charge in [0.05, 0.1) is 11.1 Å². The molecule has 10 aromatic carbocycles. The Bertz CT molecular complexity index is 3240. The Hall–Kier alpha value is -7.94.